The van der Waals surface area contributed by atoms with Crippen molar-refractivity contribution >= 4 is 38.5 Å². The third-order valence-electron chi connectivity index (χ3n) is 1.10. The first-order valence-corrected chi connectivity index (χ1v) is 6.16. The van der Waals surface area contributed by atoms with Crippen molar-refractivity contribution in [3.63, 3.8) is 0 Å². The normalized spacial score (nSPS) is 12.2. The van der Waals surface area contributed by atoms with E-state index in [1.54, 1.807) is 6.92 Å². The molecule has 0 unspecified atom stereocenters. The van der Waals surface area contributed by atoms with E-state index in [0.29, 0.717) is 12.4 Å². The van der Waals surface area contributed by atoms with Crippen LogP contribution in [0.3, 0.4) is 0 Å². The predicted molar refractivity (Wildman–Crippen MR) is 53.8 cm³/mol. The van der Waals surface area contributed by atoms with Crippen molar-refractivity contribution in [2.24, 2.45) is 0 Å². The van der Waals surface area contributed by atoms with Gasteiger partial charge in [0.05, 0.1) is 0 Å². The first kappa shape index (κ1) is 13.0. The van der Waals surface area contributed by atoms with Gasteiger partial charge in [0.15, 0.2) is 0 Å². The third kappa shape index (κ3) is 6.10. The molecule has 0 amide bonds. The van der Waals surface area contributed by atoms with E-state index in [9.17, 15) is 9.59 Å². The van der Waals surface area contributed by atoms with Gasteiger partial charge < -0.3 is 0 Å². The van der Waals surface area contributed by atoms with Gasteiger partial charge in [-0.1, -0.05) is 0 Å². The number of nitrogens with one attached hydrogen (secondary N) is 1. The Kier molecular flexibility index (Phi) is 7.36. The summed E-state index contributed by atoms with van der Waals surface area (Å²) in [6.07, 6.45) is 0. The van der Waals surface area contributed by atoms with Crippen molar-refractivity contribution in [1.29, 1.82) is 0 Å². The number of hydrogen-bond donors (Lipinski definition) is 2. The second-order valence-electron chi connectivity index (χ2n) is 2.20. The van der Waals surface area contributed by atoms with Gasteiger partial charge in [0, 0.05) is 0 Å². The zero-order valence-electron chi connectivity index (χ0n) is 7.57. The summed E-state index contributed by atoms with van der Waals surface area (Å²) in [7, 11) is 0. The Hall–Kier alpha value is -0.0305. The number of esters is 1. The molecule has 0 radical (unpaired) electrons. The molecular formula is C7H13NO3SSe. The molecule has 1 atom stereocenters. The van der Waals surface area contributed by atoms with Gasteiger partial charge in [-0.25, -0.2) is 0 Å². The van der Waals surface area contributed by atoms with E-state index in [2.05, 4.69) is 17.0 Å². The van der Waals surface area contributed by atoms with E-state index >= 15 is 0 Å². The van der Waals surface area contributed by atoms with Crippen molar-refractivity contribution < 1.29 is 14.3 Å². The van der Waals surface area contributed by atoms with Gasteiger partial charge in [-0.3, -0.25) is 0 Å². The van der Waals surface area contributed by atoms with E-state index in [4.69, 9.17) is 4.74 Å². The molecule has 6 heteroatoms. The fourth-order valence-electron chi connectivity index (χ4n) is 0.557. The molecule has 0 heterocycles. The Labute approximate surface area is 89.6 Å². The molecule has 0 aliphatic heterocycles. The van der Waals surface area contributed by atoms with E-state index in [1.165, 1.54) is 6.92 Å². The zero-order chi connectivity index (χ0) is 10.3. The van der Waals surface area contributed by atoms with Crippen LogP contribution in [-0.4, -0.2) is 44.2 Å². The minimum absolute atomic E-state index is 0.0450. The Morgan fingerprint density at radius 3 is 2.62 bits per heavy atom. The van der Waals surface area contributed by atoms with Crippen molar-refractivity contribution in [3.8, 4) is 0 Å². The van der Waals surface area contributed by atoms with Crippen LogP contribution in [0.4, 0.5) is 0 Å². The van der Waals surface area contributed by atoms with E-state index in [-0.39, 0.29) is 25.8 Å². The molecule has 0 aromatic rings. The summed E-state index contributed by atoms with van der Waals surface area (Å²) in [5, 5.41) is 0. The van der Waals surface area contributed by atoms with Crippen molar-refractivity contribution in [2.45, 2.75) is 19.9 Å². The second-order valence-corrected chi connectivity index (χ2v) is 4.69. The van der Waals surface area contributed by atoms with Crippen molar-refractivity contribution in [1.82, 2.24) is 4.33 Å². The Balaban J connectivity index is 3.87. The molecule has 0 aromatic carbocycles. The molecule has 0 aliphatic rings. The molecule has 0 saturated heterocycles. The Morgan fingerprint density at radius 2 is 2.23 bits per heavy atom. The van der Waals surface area contributed by atoms with Crippen LogP contribution in [0.15, 0.2) is 0 Å². The van der Waals surface area contributed by atoms with Crippen LogP contribution in [0.5, 0.6) is 0 Å². The SMILES string of the molecule is CCOC(=O)[C@H](CS)N[Se]C(C)=O. The Morgan fingerprint density at radius 1 is 1.62 bits per heavy atom. The summed E-state index contributed by atoms with van der Waals surface area (Å²) < 4.78 is 7.64. The van der Waals surface area contributed by atoms with Crippen LogP contribution in [-0.2, 0) is 14.3 Å². The third-order valence-corrected chi connectivity index (χ3v) is 2.91. The molecule has 0 bridgehead atoms. The van der Waals surface area contributed by atoms with Gasteiger partial charge in [-0.2, -0.15) is 0 Å². The van der Waals surface area contributed by atoms with Crippen LogP contribution >= 0.6 is 12.6 Å². The molecule has 0 aromatic heterocycles. The van der Waals surface area contributed by atoms with Crippen LogP contribution in [0.2, 0.25) is 0 Å². The minimum atomic E-state index is -0.466. The number of carbonyl (C=O) groups excluding carboxylic acids is 2. The van der Waals surface area contributed by atoms with Gasteiger partial charge in [0.1, 0.15) is 0 Å². The number of thiol groups is 1. The molecule has 13 heavy (non-hydrogen) atoms. The first-order chi connectivity index (χ1) is 6.11. The Bertz CT molecular complexity index is 189. The average Bonchev–Trinajstić information content (AvgIpc) is 2.05. The van der Waals surface area contributed by atoms with Gasteiger partial charge in [-0.05, 0) is 0 Å². The van der Waals surface area contributed by atoms with Gasteiger partial charge in [-0.15, -0.1) is 0 Å². The predicted octanol–water partition coefficient (Wildman–Crippen LogP) is -0.397. The number of rotatable bonds is 6. The topological polar surface area (TPSA) is 55.4 Å². The molecule has 0 spiro atoms. The van der Waals surface area contributed by atoms with Crippen LogP contribution < -0.4 is 4.33 Å². The summed E-state index contributed by atoms with van der Waals surface area (Å²) in [6, 6.07) is -0.466. The monoisotopic (exact) mass is 271 g/mol. The molecule has 0 aliphatic carbocycles. The van der Waals surface area contributed by atoms with Crippen LogP contribution in [0.1, 0.15) is 13.8 Å². The second kappa shape index (κ2) is 7.38. The fourth-order valence-corrected chi connectivity index (χ4v) is 2.10. The standard InChI is InChI=1S/C7H13NO3SSe/c1-3-11-7(10)6(4-12)8-13-5(2)9/h6,8,12H,3-4H2,1-2H3/t6-/m0/s1. The summed E-state index contributed by atoms with van der Waals surface area (Å²) >= 11 is 3.62. The summed E-state index contributed by atoms with van der Waals surface area (Å²) in [5.41, 5.74) is 0. The summed E-state index contributed by atoms with van der Waals surface area (Å²) in [6.45, 7) is 3.56. The molecular weight excluding hydrogens is 257 g/mol. The van der Waals surface area contributed by atoms with Gasteiger partial charge in [0.2, 0.25) is 0 Å². The van der Waals surface area contributed by atoms with Crippen LogP contribution in [0.25, 0.3) is 0 Å². The summed E-state index contributed by atoms with van der Waals surface area (Å²) in [4.78, 5) is 21.8. The summed E-state index contributed by atoms with van der Waals surface area (Å²) in [5.74, 6) is -0.00551. The number of ether oxygens (including phenoxy) is 1. The van der Waals surface area contributed by atoms with E-state index < -0.39 is 6.04 Å². The molecule has 76 valence electrons. The van der Waals surface area contributed by atoms with Gasteiger partial charge >= 0.3 is 89.4 Å². The quantitative estimate of drug-likeness (QED) is 0.392. The van der Waals surface area contributed by atoms with E-state index in [0.717, 1.165) is 0 Å². The number of hydrogen-bond acceptors (Lipinski definition) is 5. The van der Waals surface area contributed by atoms with E-state index in [1.807, 2.05) is 0 Å². The first-order valence-electron chi connectivity index (χ1n) is 3.82. The maximum atomic E-state index is 11.2. The molecule has 0 rings (SSSR count). The molecule has 0 fully saturated rings. The fraction of sp³-hybridized carbons (Fsp3) is 0.714. The molecule has 0 saturated carbocycles. The van der Waals surface area contributed by atoms with Crippen molar-refractivity contribution in [2.75, 3.05) is 12.4 Å². The molecule has 4 nitrogen and oxygen atoms in total. The zero-order valence-corrected chi connectivity index (χ0v) is 10.2. The van der Waals surface area contributed by atoms with Crippen LogP contribution in [0, 0.1) is 0 Å². The maximum absolute atomic E-state index is 11.2. The number of carbonyl (C=O) groups is 2. The van der Waals surface area contributed by atoms with Gasteiger partial charge in [0.25, 0.3) is 0 Å². The average molecular weight is 270 g/mol. The van der Waals surface area contributed by atoms with Crippen molar-refractivity contribution in [3.05, 3.63) is 0 Å². The molecule has 1 N–H and O–H groups in total.